The lowest BCUT2D eigenvalue weighted by Crippen LogP contribution is -1.96. The van der Waals surface area contributed by atoms with E-state index in [0.29, 0.717) is 16.1 Å². The van der Waals surface area contributed by atoms with Crippen molar-refractivity contribution in [3.63, 3.8) is 0 Å². The third-order valence-corrected chi connectivity index (χ3v) is 2.85. The summed E-state index contributed by atoms with van der Waals surface area (Å²) >= 11 is 6.32. The van der Waals surface area contributed by atoms with Crippen molar-refractivity contribution in [1.82, 2.24) is 9.97 Å². The molecular weight excluding hydrogens is 341 g/mol. The fourth-order valence-corrected chi connectivity index (χ4v) is 1.53. The van der Waals surface area contributed by atoms with Crippen LogP contribution in [-0.4, -0.2) is 9.97 Å². The van der Waals surface area contributed by atoms with Crippen molar-refractivity contribution in [1.29, 1.82) is 0 Å². The monoisotopic (exact) mass is 345 g/mol. The van der Waals surface area contributed by atoms with Gasteiger partial charge in [-0.1, -0.05) is 0 Å². The van der Waals surface area contributed by atoms with Crippen LogP contribution in [0.5, 0.6) is 0 Å². The summed E-state index contributed by atoms with van der Waals surface area (Å²) in [7, 11) is 0. The van der Waals surface area contributed by atoms with Gasteiger partial charge in [0.05, 0.1) is 8.95 Å². The van der Waals surface area contributed by atoms with E-state index in [9.17, 15) is 4.39 Å². The SMILES string of the molecule is Fc1cc(Nc2ncc(Br)cn2)ccc1Br. The van der Waals surface area contributed by atoms with Crippen LogP contribution in [0.3, 0.4) is 0 Å². The minimum absolute atomic E-state index is 0.331. The second kappa shape index (κ2) is 4.88. The van der Waals surface area contributed by atoms with Gasteiger partial charge in [-0.3, -0.25) is 0 Å². The van der Waals surface area contributed by atoms with Crippen molar-refractivity contribution in [2.24, 2.45) is 0 Å². The molecule has 82 valence electrons. The van der Waals surface area contributed by atoms with Crippen LogP contribution in [-0.2, 0) is 0 Å². The average molecular weight is 347 g/mol. The molecule has 2 rings (SSSR count). The van der Waals surface area contributed by atoms with Gasteiger partial charge in [-0.15, -0.1) is 0 Å². The van der Waals surface area contributed by atoms with Gasteiger partial charge in [-0.2, -0.15) is 0 Å². The lowest BCUT2D eigenvalue weighted by Gasteiger charge is -2.04. The normalized spacial score (nSPS) is 10.2. The second-order valence-electron chi connectivity index (χ2n) is 2.98. The summed E-state index contributed by atoms with van der Waals surface area (Å²) in [5.41, 5.74) is 0.600. The topological polar surface area (TPSA) is 37.8 Å². The van der Waals surface area contributed by atoms with Crippen LogP contribution >= 0.6 is 31.9 Å². The van der Waals surface area contributed by atoms with E-state index >= 15 is 0 Å². The zero-order chi connectivity index (χ0) is 11.5. The van der Waals surface area contributed by atoms with Crippen molar-refractivity contribution < 1.29 is 4.39 Å². The van der Waals surface area contributed by atoms with Crippen molar-refractivity contribution in [2.75, 3.05) is 5.32 Å². The fourth-order valence-electron chi connectivity index (χ4n) is 1.08. The summed E-state index contributed by atoms with van der Waals surface area (Å²) in [5.74, 6) is 0.0898. The molecule has 0 unspecified atom stereocenters. The zero-order valence-electron chi connectivity index (χ0n) is 7.92. The maximum Gasteiger partial charge on any atom is 0.227 e. The average Bonchev–Trinajstić information content (AvgIpc) is 2.27. The number of hydrogen-bond acceptors (Lipinski definition) is 3. The first-order chi connectivity index (χ1) is 7.65. The molecule has 6 heteroatoms. The molecule has 0 radical (unpaired) electrons. The summed E-state index contributed by atoms with van der Waals surface area (Å²) < 4.78 is 14.4. The third-order valence-electron chi connectivity index (χ3n) is 1.80. The Morgan fingerprint density at radius 1 is 1.12 bits per heavy atom. The lowest BCUT2D eigenvalue weighted by atomic mass is 10.3. The third kappa shape index (κ3) is 2.76. The van der Waals surface area contributed by atoms with Gasteiger partial charge in [0.1, 0.15) is 5.82 Å². The molecule has 0 amide bonds. The maximum atomic E-state index is 13.2. The number of hydrogen-bond donors (Lipinski definition) is 1. The molecule has 1 aromatic heterocycles. The van der Waals surface area contributed by atoms with E-state index in [0.717, 1.165) is 4.47 Å². The lowest BCUT2D eigenvalue weighted by molar-refractivity contribution is 0.622. The molecule has 0 atom stereocenters. The number of nitrogens with one attached hydrogen (secondary N) is 1. The summed E-state index contributed by atoms with van der Waals surface area (Å²) in [5, 5.41) is 2.90. The van der Waals surface area contributed by atoms with Gasteiger partial charge in [0.2, 0.25) is 5.95 Å². The Morgan fingerprint density at radius 2 is 1.81 bits per heavy atom. The highest BCUT2D eigenvalue weighted by Gasteiger charge is 2.02. The predicted octanol–water partition coefficient (Wildman–Crippen LogP) is 3.88. The number of benzene rings is 1. The van der Waals surface area contributed by atoms with Crippen LogP contribution in [0.15, 0.2) is 39.5 Å². The number of aromatic nitrogens is 2. The highest BCUT2D eigenvalue weighted by Crippen LogP contribution is 2.21. The molecule has 0 saturated heterocycles. The quantitative estimate of drug-likeness (QED) is 0.896. The second-order valence-corrected chi connectivity index (χ2v) is 4.75. The Bertz CT molecular complexity index is 502. The molecule has 1 heterocycles. The molecule has 2 aromatic rings. The molecule has 0 aliphatic rings. The Labute approximate surface area is 108 Å². The molecule has 16 heavy (non-hydrogen) atoms. The molecule has 1 aromatic carbocycles. The van der Waals surface area contributed by atoms with Gasteiger partial charge >= 0.3 is 0 Å². The standard InChI is InChI=1S/C10H6Br2FN3/c11-6-4-14-10(15-5-6)16-7-1-2-8(12)9(13)3-7/h1-5H,(H,14,15,16). The van der Waals surface area contributed by atoms with Gasteiger partial charge < -0.3 is 5.32 Å². The Balaban J connectivity index is 2.20. The zero-order valence-corrected chi connectivity index (χ0v) is 11.1. The maximum absolute atomic E-state index is 13.2. The smallest absolute Gasteiger partial charge is 0.227 e. The fraction of sp³-hybridized carbons (Fsp3) is 0. The van der Waals surface area contributed by atoms with Crippen LogP contribution in [0.1, 0.15) is 0 Å². The summed E-state index contributed by atoms with van der Waals surface area (Å²) in [4.78, 5) is 8.04. The summed E-state index contributed by atoms with van der Waals surface area (Å²) in [6, 6.07) is 4.73. The summed E-state index contributed by atoms with van der Waals surface area (Å²) in [6.45, 7) is 0. The van der Waals surface area contributed by atoms with Crippen molar-refractivity contribution in [3.8, 4) is 0 Å². The van der Waals surface area contributed by atoms with E-state index in [1.807, 2.05) is 0 Å². The highest BCUT2D eigenvalue weighted by atomic mass is 79.9. The van der Waals surface area contributed by atoms with Crippen LogP contribution in [0.2, 0.25) is 0 Å². The molecular formula is C10H6Br2FN3. The van der Waals surface area contributed by atoms with E-state index in [1.165, 1.54) is 6.07 Å². The first kappa shape index (κ1) is 11.5. The van der Waals surface area contributed by atoms with Crippen LogP contribution in [0.25, 0.3) is 0 Å². The Hall–Kier alpha value is -1.01. The van der Waals surface area contributed by atoms with Crippen LogP contribution < -0.4 is 5.32 Å². The van der Waals surface area contributed by atoms with Crippen molar-refractivity contribution in [3.05, 3.63) is 45.4 Å². The molecule has 3 nitrogen and oxygen atoms in total. The van der Waals surface area contributed by atoms with E-state index in [-0.39, 0.29) is 5.82 Å². The van der Waals surface area contributed by atoms with Crippen LogP contribution in [0.4, 0.5) is 16.0 Å². The Morgan fingerprint density at radius 3 is 2.44 bits per heavy atom. The largest absolute Gasteiger partial charge is 0.324 e. The van der Waals surface area contributed by atoms with Gasteiger partial charge in [0, 0.05) is 18.1 Å². The van der Waals surface area contributed by atoms with E-state index in [1.54, 1.807) is 24.5 Å². The molecule has 0 bridgehead atoms. The van der Waals surface area contributed by atoms with Gasteiger partial charge in [-0.25, -0.2) is 14.4 Å². The number of rotatable bonds is 2. The van der Waals surface area contributed by atoms with Gasteiger partial charge in [-0.05, 0) is 50.1 Å². The molecule has 1 N–H and O–H groups in total. The molecule has 0 saturated carbocycles. The van der Waals surface area contributed by atoms with Crippen molar-refractivity contribution >= 4 is 43.5 Å². The molecule has 0 aliphatic heterocycles. The number of nitrogens with zero attached hydrogens (tertiary/aromatic N) is 2. The molecule has 0 fully saturated rings. The van der Waals surface area contributed by atoms with Crippen LogP contribution in [0, 0.1) is 5.82 Å². The first-order valence-electron chi connectivity index (χ1n) is 4.35. The Kier molecular flexibility index (Phi) is 3.50. The number of anilines is 2. The van der Waals surface area contributed by atoms with Gasteiger partial charge in [0.25, 0.3) is 0 Å². The van der Waals surface area contributed by atoms with E-state index in [4.69, 9.17) is 0 Å². The van der Waals surface area contributed by atoms with Gasteiger partial charge in [0.15, 0.2) is 0 Å². The van der Waals surface area contributed by atoms with E-state index < -0.39 is 0 Å². The van der Waals surface area contributed by atoms with E-state index in [2.05, 4.69) is 47.1 Å². The molecule has 0 spiro atoms. The predicted molar refractivity (Wildman–Crippen MR) is 67.1 cm³/mol. The minimum atomic E-state index is -0.331. The highest BCUT2D eigenvalue weighted by molar-refractivity contribution is 9.10. The van der Waals surface area contributed by atoms with Crippen molar-refractivity contribution in [2.45, 2.75) is 0 Å². The minimum Gasteiger partial charge on any atom is -0.324 e. The summed E-state index contributed by atoms with van der Waals surface area (Å²) in [6.07, 6.45) is 3.23. The first-order valence-corrected chi connectivity index (χ1v) is 5.93. The number of halogens is 3. The molecule has 0 aliphatic carbocycles.